The van der Waals surface area contributed by atoms with Crippen LogP contribution in [-0.4, -0.2) is 24.9 Å². The third-order valence-electron chi connectivity index (χ3n) is 2.99. The van der Waals surface area contributed by atoms with Gasteiger partial charge in [-0.15, -0.1) is 6.58 Å². The van der Waals surface area contributed by atoms with Crippen LogP contribution in [0.2, 0.25) is 0 Å². The zero-order valence-electron chi connectivity index (χ0n) is 11.7. The lowest BCUT2D eigenvalue weighted by Crippen LogP contribution is -2.40. The summed E-state index contributed by atoms with van der Waals surface area (Å²) < 4.78 is 0. The molecule has 19 heavy (non-hydrogen) atoms. The lowest BCUT2D eigenvalue weighted by molar-refractivity contribution is -0.122. The molecular formula is C15H20N2O2. The van der Waals surface area contributed by atoms with Gasteiger partial charge >= 0.3 is 0 Å². The van der Waals surface area contributed by atoms with Crippen LogP contribution in [0.15, 0.2) is 30.9 Å². The van der Waals surface area contributed by atoms with Gasteiger partial charge in [-0.2, -0.15) is 0 Å². The van der Waals surface area contributed by atoms with Crippen LogP contribution in [0.5, 0.6) is 0 Å². The summed E-state index contributed by atoms with van der Waals surface area (Å²) in [5.74, 6) is -0.349. The molecule has 1 aromatic rings. The van der Waals surface area contributed by atoms with E-state index in [0.717, 1.165) is 16.8 Å². The highest BCUT2D eigenvalue weighted by molar-refractivity contribution is 5.98. The van der Waals surface area contributed by atoms with Crippen LogP contribution in [-0.2, 0) is 9.59 Å². The summed E-state index contributed by atoms with van der Waals surface area (Å²) in [6, 6.07) is 5.72. The second-order valence-corrected chi connectivity index (χ2v) is 4.42. The number of hydrogen-bond donors (Lipinski definition) is 1. The number of aryl methyl sites for hydroxylation is 1. The molecule has 2 amide bonds. The van der Waals surface area contributed by atoms with Crippen molar-refractivity contribution >= 4 is 17.5 Å². The van der Waals surface area contributed by atoms with Crippen LogP contribution < -0.4 is 10.2 Å². The predicted molar refractivity (Wildman–Crippen MR) is 77.1 cm³/mol. The van der Waals surface area contributed by atoms with E-state index in [9.17, 15) is 9.59 Å². The second-order valence-electron chi connectivity index (χ2n) is 4.42. The minimum absolute atomic E-state index is 0.0213. The van der Waals surface area contributed by atoms with E-state index in [0.29, 0.717) is 6.54 Å². The standard InChI is InChI=1S/C15H20N2O2/c1-5-9-16-15(19)10-17(13(4)18)14-8-6-7-11(2)12(14)3/h5-8H,1,9-10H2,2-4H3,(H,16,19). The molecule has 0 bridgehead atoms. The van der Waals surface area contributed by atoms with Gasteiger partial charge in [-0.25, -0.2) is 0 Å². The first-order chi connectivity index (χ1) is 8.97. The average molecular weight is 260 g/mol. The van der Waals surface area contributed by atoms with Gasteiger partial charge in [0.2, 0.25) is 11.8 Å². The first kappa shape index (κ1) is 15.0. The summed E-state index contributed by atoms with van der Waals surface area (Å²) in [4.78, 5) is 25.0. The Balaban J connectivity index is 2.95. The fraction of sp³-hybridized carbons (Fsp3) is 0.333. The highest BCUT2D eigenvalue weighted by atomic mass is 16.2. The summed E-state index contributed by atoms with van der Waals surface area (Å²) in [6.45, 7) is 9.35. The number of benzene rings is 1. The lowest BCUT2D eigenvalue weighted by Gasteiger charge is -2.23. The highest BCUT2D eigenvalue weighted by Crippen LogP contribution is 2.22. The maximum Gasteiger partial charge on any atom is 0.240 e. The van der Waals surface area contributed by atoms with E-state index in [1.54, 1.807) is 6.08 Å². The number of hydrogen-bond acceptors (Lipinski definition) is 2. The smallest absolute Gasteiger partial charge is 0.240 e. The molecule has 0 fully saturated rings. The van der Waals surface area contributed by atoms with Crippen LogP contribution in [0, 0.1) is 13.8 Å². The number of rotatable bonds is 5. The Morgan fingerprint density at radius 3 is 2.63 bits per heavy atom. The minimum Gasteiger partial charge on any atom is -0.351 e. The predicted octanol–water partition coefficient (Wildman–Crippen LogP) is 1.96. The number of anilines is 1. The number of carbonyl (C=O) groups excluding carboxylic acids is 2. The van der Waals surface area contributed by atoms with Gasteiger partial charge in [0, 0.05) is 19.2 Å². The van der Waals surface area contributed by atoms with Crippen LogP contribution in [0.25, 0.3) is 0 Å². The molecule has 0 radical (unpaired) electrons. The van der Waals surface area contributed by atoms with Crippen molar-refractivity contribution in [2.75, 3.05) is 18.0 Å². The Morgan fingerprint density at radius 2 is 2.05 bits per heavy atom. The molecule has 1 aromatic carbocycles. The molecule has 4 nitrogen and oxygen atoms in total. The zero-order valence-corrected chi connectivity index (χ0v) is 11.7. The highest BCUT2D eigenvalue weighted by Gasteiger charge is 2.17. The Labute approximate surface area is 114 Å². The second kappa shape index (κ2) is 6.73. The Bertz CT molecular complexity index is 495. The van der Waals surface area contributed by atoms with Gasteiger partial charge in [-0.3, -0.25) is 9.59 Å². The van der Waals surface area contributed by atoms with Crippen molar-refractivity contribution in [2.24, 2.45) is 0 Å². The Hall–Kier alpha value is -2.10. The van der Waals surface area contributed by atoms with E-state index in [4.69, 9.17) is 0 Å². The third kappa shape index (κ3) is 3.95. The Kier molecular flexibility index (Phi) is 5.30. The largest absolute Gasteiger partial charge is 0.351 e. The van der Waals surface area contributed by atoms with Crippen molar-refractivity contribution in [1.82, 2.24) is 5.32 Å². The van der Waals surface area contributed by atoms with Crippen molar-refractivity contribution < 1.29 is 9.59 Å². The summed E-state index contributed by atoms with van der Waals surface area (Å²) >= 11 is 0. The van der Waals surface area contributed by atoms with E-state index >= 15 is 0 Å². The van der Waals surface area contributed by atoms with Gasteiger partial charge in [-0.1, -0.05) is 18.2 Å². The van der Waals surface area contributed by atoms with E-state index in [1.807, 2.05) is 32.0 Å². The zero-order chi connectivity index (χ0) is 14.4. The molecule has 1 rings (SSSR count). The number of carbonyl (C=O) groups is 2. The molecule has 0 aromatic heterocycles. The molecule has 4 heteroatoms. The first-order valence-corrected chi connectivity index (χ1v) is 6.19. The van der Waals surface area contributed by atoms with Gasteiger partial charge in [-0.05, 0) is 31.0 Å². The van der Waals surface area contributed by atoms with Gasteiger partial charge in [0.1, 0.15) is 6.54 Å². The SMILES string of the molecule is C=CCNC(=O)CN(C(C)=O)c1cccc(C)c1C. The molecule has 0 saturated heterocycles. The van der Waals surface area contributed by atoms with Crippen molar-refractivity contribution in [3.63, 3.8) is 0 Å². The van der Waals surface area contributed by atoms with Crippen molar-refractivity contribution in [2.45, 2.75) is 20.8 Å². The maximum atomic E-state index is 11.7. The molecule has 0 aliphatic carbocycles. The molecule has 0 aliphatic heterocycles. The lowest BCUT2D eigenvalue weighted by atomic mass is 10.1. The molecule has 0 unspecified atom stereocenters. The third-order valence-corrected chi connectivity index (χ3v) is 2.99. The van der Waals surface area contributed by atoms with E-state index in [1.165, 1.54) is 11.8 Å². The summed E-state index contributed by atoms with van der Waals surface area (Å²) in [7, 11) is 0. The first-order valence-electron chi connectivity index (χ1n) is 6.19. The van der Waals surface area contributed by atoms with E-state index in [2.05, 4.69) is 11.9 Å². The van der Waals surface area contributed by atoms with Crippen LogP contribution in [0.1, 0.15) is 18.1 Å². The average Bonchev–Trinajstić information content (AvgIpc) is 2.37. The quantitative estimate of drug-likeness (QED) is 0.823. The molecule has 0 atom stereocenters. The van der Waals surface area contributed by atoms with Crippen molar-refractivity contribution in [3.05, 3.63) is 42.0 Å². The minimum atomic E-state index is -0.198. The maximum absolute atomic E-state index is 11.7. The van der Waals surface area contributed by atoms with Crippen molar-refractivity contribution in [3.8, 4) is 0 Å². The topological polar surface area (TPSA) is 49.4 Å². The number of nitrogens with zero attached hydrogens (tertiary/aromatic N) is 1. The molecule has 1 N–H and O–H groups in total. The van der Waals surface area contributed by atoms with Crippen LogP contribution >= 0.6 is 0 Å². The molecule has 102 valence electrons. The van der Waals surface area contributed by atoms with Gasteiger partial charge in [0.05, 0.1) is 0 Å². The van der Waals surface area contributed by atoms with Gasteiger partial charge in [0.15, 0.2) is 0 Å². The summed E-state index contributed by atoms with van der Waals surface area (Å²) in [5.41, 5.74) is 2.88. The fourth-order valence-electron chi connectivity index (χ4n) is 1.78. The summed E-state index contributed by atoms with van der Waals surface area (Å²) in [6.07, 6.45) is 1.61. The van der Waals surface area contributed by atoms with E-state index in [-0.39, 0.29) is 18.4 Å². The van der Waals surface area contributed by atoms with Crippen molar-refractivity contribution in [1.29, 1.82) is 0 Å². The normalized spacial score (nSPS) is 9.84. The molecule has 0 spiro atoms. The fourth-order valence-corrected chi connectivity index (χ4v) is 1.78. The number of nitrogens with one attached hydrogen (secondary N) is 1. The van der Waals surface area contributed by atoms with E-state index < -0.39 is 0 Å². The van der Waals surface area contributed by atoms with Gasteiger partial charge in [0.25, 0.3) is 0 Å². The van der Waals surface area contributed by atoms with Gasteiger partial charge < -0.3 is 10.2 Å². The molecule has 0 aliphatic rings. The van der Waals surface area contributed by atoms with Crippen LogP contribution in [0.3, 0.4) is 0 Å². The van der Waals surface area contributed by atoms with Crippen LogP contribution in [0.4, 0.5) is 5.69 Å². The number of amides is 2. The summed E-state index contributed by atoms with van der Waals surface area (Å²) in [5, 5.41) is 2.67. The molecular weight excluding hydrogens is 240 g/mol. The Morgan fingerprint density at radius 1 is 1.37 bits per heavy atom. The molecule has 0 saturated carbocycles. The molecule has 0 heterocycles. The monoisotopic (exact) mass is 260 g/mol.